The van der Waals surface area contributed by atoms with Crippen LogP contribution in [0.25, 0.3) is 10.8 Å². The molecule has 174 valence electrons. The first-order valence-electron chi connectivity index (χ1n) is 10.4. The summed E-state index contributed by atoms with van der Waals surface area (Å²) in [4.78, 5) is 48.8. The van der Waals surface area contributed by atoms with Crippen LogP contribution in [0.4, 0.5) is 5.69 Å². The van der Waals surface area contributed by atoms with Gasteiger partial charge >= 0.3 is 0 Å². The minimum absolute atomic E-state index is 0.0999. The smallest absolute Gasteiger partial charge is 0.278 e. The van der Waals surface area contributed by atoms with Gasteiger partial charge in [-0.3, -0.25) is 24.5 Å². The Kier molecular flexibility index (Phi) is 6.68. The minimum atomic E-state index is -1.34. The van der Waals surface area contributed by atoms with E-state index in [-0.39, 0.29) is 22.3 Å². The van der Waals surface area contributed by atoms with Crippen LogP contribution >= 0.6 is 0 Å². The van der Waals surface area contributed by atoms with Crippen LogP contribution in [0.1, 0.15) is 27.7 Å². The molecule has 1 aromatic heterocycles. The fourth-order valence-electron chi connectivity index (χ4n) is 3.41. The van der Waals surface area contributed by atoms with Crippen LogP contribution in [0, 0.1) is 10.1 Å². The predicted molar refractivity (Wildman–Crippen MR) is 128 cm³/mol. The van der Waals surface area contributed by atoms with Crippen LogP contribution in [0.3, 0.4) is 0 Å². The van der Waals surface area contributed by atoms with Crippen LogP contribution in [0.5, 0.6) is 0 Å². The molecule has 0 spiro atoms. The molecule has 1 heterocycles. The Morgan fingerprint density at radius 1 is 0.971 bits per heavy atom. The fraction of sp³-hybridized carbons (Fsp3) is 0.0417. The molecule has 4 aromatic rings. The van der Waals surface area contributed by atoms with Crippen LogP contribution in [-0.4, -0.2) is 33.1 Å². The van der Waals surface area contributed by atoms with Gasteiger partial charge in [0.25, 0.3) is 23.1 Å². The topological polar surface area (TPSA) is 159 Å². The second-order valence-corrected chi connectivity index (χ2v) is 7.31. The van der Waals surface area contributed by atoms with Crippen molar-refractivity contribution in [3.05, 3.63) is 116 Å². The third kappa shape index (κ3) is 5.09. The summed E-state index contributed by atoms with van der Waals surface area (Å²) in [6.07, 6.45) is 1.13. The molecule has 11 nitrogen and oxygen atoms in total. The number of nitro groups is 1. The average Bonchev–Trinajstić information content (AvgIpc) is 2.88. The van der Waals surface area contributed by atoms with Gasteiger partial charge in [-0.15, -0.1) is 0 Å². The third-order valence-corrected chi connectivity index (χ3v) is 5.08. The number of H-pyrrole nitrogens is 1. The first kappa shape index (κ1) is 23.0. The monoisotopic (exact) mass is 470 g/mol. The lowest BCUT2D eigenvalue weighted by molar-refractivity contribution is -0.385. The summed E-state index contributed by atoms with van der Waals surface area (Å²) in [5, 5.41) is 24.7. The van der Waals surface area contributed by atoms with E-state index in [1.54, 1.807) is 60.7 Å². The number of aromatic amines is 1. The zero-order chi connectivity index (χ0) is 24.8. The van der Waals surface area contributed by atoms with E-state index in [1.807, 2.05) is 0 Å². The van der Waals surface area contributed by atoms with Gasteiger partial charge in [0.1, 0.15) is 5.69 Å². The lowest BCUT2D eigenvalue weighted by Crippen LogP contribution is -2.40. The van der Waals surface area contributed by atoms with Crippen molar-refractivity contribution in [2.75, 3.05) is 0 Å². The van der Waals surface area contributed by atoms with E-state index in [0.29, 0.717) is 10.9 Å². The number of nitro benzene ring substituents is 1. The van der Waals surface area contributed by atoms with E-state index in [1.165, 1.54) is 18.2 Å². The van der Waals surface area contributed by atoms with Gasteiger partial charge in [-0.1, -0.05) is 48.5 Å². The summed E-state index contributed by atoms with van der Waals surface area (Å²) in [5.41, 5.74) is 2.24. The number of hydrogen-bond acceptors (Lipinski definition) is 7. The number of para-hydroxylation sites is 1. The Balaban J connectivity index is 1.68. The van der Waals surface area contributed by atoms with Gasteiger partial charge in [-0.25, -0.2) is 10.5 Å². The summed E-state index contributed by atoms with van der Waals surface area (Å²) in [6, 6.07) is 19.3. The van der Waals surface area contributed by atoms with Crippen molar-refractivity contribution in [1.82, 2.24) is 20.9 Å². The fourth-order valence-corrected chi connectivity index (χ4v) is 3.41. The molecule has 0 aliphatic carbocycles. The van der Waals surface area contributed by atoms with Gasteiger partial charge in [0, 0.05) is 17.0 Å². The highest BCUT2D eigenvalue weighted by Gasteiger charge is 2.27. The normalized spacial score (nSPS) is 11.8. The number of nitrogens with one attached hydrogen (secondary N) is 3. The van der Waals surface area contributed by atoms with Crippen LogP contribution < -0.4 is 16.3 Å². The highest BCUT2D eigenvalue weighted by Crippen LogP contribution is 2.21. The molecule has 0 fully saturated rings. The highest BCUT2D eigenvalue weighted by atomic mass is 16.6. The summed E-state index contributed by atoms with van der Waals surface area (Å²) in [6.45, 7) is 0. The number of carbonyl (C=O) groups is 2. The van der Waals surface area contributed by atoms with Gasteiger partial charge in [0.2, 0.25) is 0 Å². The number of rotatable bonds is 7. The molecule has 3 aromatic carbocycles. The Morgan fingerprint density at radius 3 is 2.37 bits per heavy atom. The molecule has 2 amide bonds. The van der Waals surface area contributed by atoms with E-state index >= 15 is 0 Å². The molecular weight excluding hydrogens is 452 g/mol. The zero-order valence-electron chi connectivity index (χ0n) is 18.0. The lowest BCUT2D eigenvalue weighted by Gasteiger charge is -2.18. The maximum Gasteiger partial charge on any atom is 0.278 e. The largest absolute Gasteiger partial charge is 0.335 e. The van der Waals surface area contributed by atoms with Crippen molar-refractivity contribution < 1.29 is 14.5 Å². The number of amides is 2. The Bertz CT molecular complexity index is 1500. The highest BCUT2D eigenvalue weighted by molar-refractivity contribution is 5.99. The molecule has 0 aliphatic heterocycles. The number of benzene rings is 3. The molecule has 0 radical (unpaired) electrons. The van der Waals surface area contributed by atoms with Crippen LogP contribution in [-0.2, 0) is 4.79 Å². The van der Waals surface area contributed by atoms with Gasteiger partial charge in [0.05, 0.1) is 22.1 Å². The van der Waals surface area contributed by atoms with Gasteiger partial charge in [-0.2, -0.15) is 10.2 Å². The maximum absolute atomic E-state index is 13.1. The third-order valence-electron chi connectivity index (χ3n) is 5.08. The zero-order valence-corrected chi connectivity index (χ0v) is 18.0. The van der Waals surface area contributed by atoms with E-state index in [4.69, 9.17) is 0 Å². The summed E-state index contributed by atoms with van der Waals surface area (Å²) < 4.78 is 0. The first-order valence-corrected chi connectivity index (χ1v) is 10.4. The molecule has 0 saturated heterocycles. The van der Waals surface area contributed by atoms with Crippen molar-refractivity contribution in [1.29, 1.82) is 0 Å². The van der Waals surface area contributed by atoms with Crippen molar-refractivity contribution in [3.63, 3.8) is 0 Å². The van der Waals surface area contributed by atoms with Gasteiger partial charge < -0.3 is 5.32 Å². The van der Waals surface area contributed by atoms with Crippen molar-refractivity contribution in [3.8, 4) is 0 Å². The Morgan fingerprint density at radius 2 is 1.63 bits per heavy atom. The summed E-state index contributed by atoms with van der Waals surface area (Å²) in [5.74, 6) is -1.32. The quantitative estimate of drug-likeness (QED) is 0.214. The number of nitrogens with zero attached hydrogens (tertiary/aromatic N) is 3. The van der Waals surface area contributed by atoms with E-state index in [2.05, 4.69) is 26.0 Å². The number of carbonyl (C=O) groups excluding carboxylic acids is 2. The molecule has 0 bridgehead atoms. The molecular formula is C24H18N6O5. The Hall–Kier alpha value is -5.19. The molecule has 3 N–H and O–H groups in total. The maximum atomic E-state index is 13.1. The number of aromatic nitrogens is 2. The van der Waals surface area contributed by atoms with Crippen molar-refractivity contribution in [2.24, 2.45) is 5.10 Å². The standard InChI is InChI=1S/C24H18N6O5/c31-22(15-8-2-1-3-9-15)26-21(20-17-11-5-6-12-18(17)23(32)29-27-20)24(33)28-25-14-16-10-4-7-13-19(16)30(34)35/h1-14,21H,(H,26,31)(H,28,33)(H,29,32)/b25-14-/t21-/m0/s1. The minimum Gasteiger partial charge on any atom is -0.335 e. The molecule has 4 rings (SSSR count). The van der Waals surface area contributed by atoms with Crippen molar-refractivity contribution >= 4 is 34.5 Å². The molecule has 35 heavy (non-hydrogen) atoms. The number of fused-ring (bicyclic) bond motifs is 1. The molecule has 0 unspecified atom stereocenters. The number of hydrazone groups is 1. The summed E-state index contributed by atoms with van der Waals surface area (Å²) in [7, 11) is 0. The molecule has 0 aliphatic rings. The second kappa shape index (κ2) is 10.2. The predicted octanol–water partition coefficient (Wildman–Crippen LogP) is 2.45. The Labute approximate surface area is 197 Å². The van der Waals surface area contributed by atoms with Gasteiger partial charge in [0.15, 0.2) is 6.04 Å². The SMILES string of the molecule is O=C(N[C@H](C(=O)N/N=C\c1ccccc1[N+](=O)[O-])c1n[nH]c(=O)c2ccccc12)c1ccccc1. The first-order chi connectivity index (χ1) is 17.0. The molecule has 11 heteroatoms. The second-order valence-electron chi connectivity index (χ2n) is 7.31. The van der Waals surface area contributed by atoms with E-state index < -0.39 is 28.3 Å². The lowest BCUT2D eigenvalue weighted by atomic mass is 10.0. The van der Waals surface area contributed by atoms with Crippen LogP contribution in [0.15, 0.2) is 88.8 Å². The van der Waals surface area contributed by atoms with Crippen LogP contribution in [0.2, 0.25) is 0 Å². The molecule has 1 atom stereocenters. The van der Waals surface area contributed by atoms with Gasteiger partial charge in [-0.05, 0) is 24.3 Å². The summed E-state index contributed by atoms with van der Waals surface area (Å²) >= 11 is 0. The molecule has 0 saturated carbocycles. The average molecular weight is 470 g/mol. The van der Waals surface area contributed by atoms with E-state index in [0.717, 1.165) is 6.21 Å². The number of hydrogen-bond donors (Lipinski definition) is 3. The van der Waals surface area contributed by atoms with E-state index in [9.17, 15) is 24.5 Å². The van der Waals surface area contributed by atoms with Crippen molar-refractivity contribution in [2.45, 2.75) is 6.04 Å².